The van der Waals surface area contributed by atoms with Gasteiger partial charge in [0.2, 0.25) is 0 Å². The largest absolute Gasteiger partial charge is 0.465 e. The Morgan fingerprint density at radius 3 is 2.48 bits per heavy atom. The number of methoxy groups -OCH3 is 1. The van der Waals surface area contributed by atoms with E-state index in [1.807, 2.05) is 0 Å². The lowest BCUT2D eigenvalue weighted by Gasteiger charge is -2.11. The molecule has 0 spiro atoms. The van der Waals surface area contributed by atoms with E-state index in [0.29, 0.717) is 10.4 Å². The van der Waals surface area contributed by atoms with Gasteiger partial charge in [-0.2, -0.15) is 0 Å². The minimum absolute atomic E-state index is 0.0743. The number of ether oxygens (including phenoxy) is 1. The van der Waals surface area contributed by atoms with Gasteiger partial charge in [0.15, 0.2) is 5.11 Å². The second kappa shape index (κ2) is 8.40. The summed E-state index contributed by atoms with van der Waals surface area (Å²) in [6, 6.07) is 2.89. The zero-order valence-corrected chi connectivity index (χ0v) is 16.6. The third kappa shape index (κ3) is 4.58. The number of hydrogen-bond acceptors (Lipinski definition) is 5. The first kappa shape index (κ1) is 20.7. The van der Waals surface area contributed by atoms with Gasteiger partial charge in [-0.25, -0.2) is 13.6 Å². The number of esters is 1. The summed E-state index contributed by atoms with van der Waals surface area (Å²) >= 11 is 6.14. The molecule has 0 saturated heterocycles. The van der Waals surface area contributed by atoms with Crippen LogP contribution in [0.4, 0.5) is 19.5 Å². The first-order valence-corrected chi connectivity index (χ1v) is 8.84. The molecule has 2 rings (SSSR count). The number of rotatable bonds is 4. The zero-order chi connectivity index (χ0) is 20.3. The number of hydrogen-bond donors (Lipinski definition) is 2. The summed E-state index contributed by atoms with van der Waals surface area (Å²) in [4.78, 5) is 26.2. The zero-order valence-electron chi connectivity index (χ0n) is 15.0. The third-order valence-electron chi connectivity index (χ3n) is 3.54. The topological polar surface area (TPSA) is 70.7 Å². The first-order chi connectivity index (χ1) is 12.6. The monoisotopic (exact) mass is 413 g/mol. The summed E-state index contributed by atoms with van der Waals surface area (Å²) in [6.07, 6.45) is 0. The van der Waals surface area contributed by atoms with Gasteiger partial charge in [0, 0.05) is 20.2 Å². The first-order valence-electron chi connectivity index (χ1n) is 7.62. The summed E-state index contributed by atoms with van der Waals surface area (Å²) in [6.45, 7) is 1.62. The summed E-state index contributed by atoms with van der Waals surface area (Å²) in [5.74, 6) is -2.27. The molecule has 1 aromatic heterocycles. The molecular formula is C17H17F2N3O3S2. The summed E-state index contributed by atoms with van der Waals surface area (Å²) in [7, 11) is 4.39. The number of amides is 1. The van der Waals surface area contributed by atoms with E-state index in [2.05, 4.69) is 10.6 Å². The fourth-order valence-electron chi connectivity index (χ4n) is 2.21. The smallest absolute Gasteiger partial charge is 0.341 e. The van der Waals surface area contributed by atoms with Gasteiger partial charge < -0.3 is 20.3 Å². The maximum atomic E-state index is 13.8. The number of carbonyl (C=O) groups is 2. The van der Waals surface area contributed by atoms with Gasteiger partial charge in [-0.05, 0) is 36.8 Å². The van der Waals surface area contributed by atoms with Crippen LogP contribution in [0.3, 0.4) is 0 Å². The lowest BCUT2D eigenvalue weighted by Crippen LogP contribution is -2.21. The van der Waals surface area contributed by atoms with E-state index in [0.717, 1.165) is 29.5 Å². The van der Waals surface area contributed by atoms with E-state index in [-0.39, 0.29) is 27.3 Å². The molecule has 6 nitrogen and oxygen atoms in total. The minimum Gasteiger partial charge on any atom is -0.465 e. The second-order valence-electron chi connectivity index (χ2n) is 5.65. The quantitative estimate of drug-likeness (QED) is 0.589. The van der Waals surface area contributed by atoms with Crippen LogP contribution in [0.5, 0.6) is 0 Å². The van der Waals surface area contributed by atoms with E-state index in [9.17, 15) is 18.4 Å². The summed E-state index contributed by atoms with van der Waals surface area (Å²) in [5.41, 5.74) is 0.425. The Labute approximate surface area is 164 Å². The number of anilines is 2. The van der Waals surface area contributed by atoms with Crippen molar-refractivity contribution in [2.24, 2.45) is 0 Å². The molecule has 1 heterocycles. The van der Waals surface area contributed by atoms with Crippen molar-refractivity contribution < 1.29 is 23.1 Å². The predicted molar refractivity (Wildman–Crippen MR) is 105 cm³/mol. The maximum absolute atomic E-state index is 13.8. The predicted octanol–water partition coefficient (Wildman–Crippen LogP) is 3.63. The van der Waals surface area contributed by atoms with Crippen LogP contribution in [0.1, 0.15) is 25.6 Å². The fourth-order valence-corrected chi connectivity index (χ4v) is 3.70. The average Bonchev–Trinajstić information content (AvgIpc) is 2.92. The molecule has 0 bridgehead atoms. The van der Waals surface area contributed by atoms with Crippen molar-refractivity contribution in [2.75, 3.05) is 31.8 Å². The molecule has 10 heteroatoms. The van der Waals surface area contributed by atoms with Crippen LogP contribution in [-0.2, 0) is 4.74 Å². The van der Waals surface area contributed by atoms with E-state index >= 15 is 0 Å². The van der Waals surface area contributed by atoms with Gasteiger partial charge in [0.05, 0.1) is 23.2 Å². The highest BCUT2D eigenvalue weighted by molar-refractivity contribution is 7.80. The Bertz CT molecular complexity index is 913. The molecule has 0 aliphatic carbocycles. The Balaban J connectivity index is 2.35. The lowest BCUT2D eigenvalue weighted by molar-refractivity contribution is 0.0601. The summed E-state index contributed by atoms with van der Waals surface area (Å²) < 4.78 is 31.8. The normalized spacial score (nSPS) is 10.3. The number of halogens is 2. The van der Waals surface area contributed by atoms with Crippen LogP contribution in [0, 0.1) is 18.6 Å². The van der Waals surface area contributed by atoms with Gasteiger partial charge in [0.1, 0.15) is 16.6 Å². The van der Waals surface area contributed by atoms with Crippen LogP contribution in [0.2, 0.25) is 0 Å². The molecule has 1 aromatic carbocycles. The average molecular weight is 413 g/mol. The molecule has 1 amide bonds. The Hall–Kier alpha value is -2.59. The van der Waals surface area contributed by atoms with Crippen molar-refractivity contribution in [3.8, 4) is 0 Å². The molecular weight excluding hydrogens is 396 g/mol. The van der Waals surface area contributed by atoms with Crippen LogP contribution < -0.4 is 10.6 Å². The molecule has 0 radical (unpaired) electrons. The van der Waals surface area contributed by atoms with Crippen LogP contribution in [-0.4, -0.2) is 43.1 Å². The number of carbonyl (C=O) groups excluding carboxylic acids is 2. The van der Waals surface area contributed by atoms with Gasteiger partial charge in [-0.15, -0.1) is 11.3 Å². The van der Waals surface area contributed by atoms with Crippen molar-refractivity contribution in [2.45, 2.75) is 6.92 Å². The Kier molecular flexibility index (Phi) is 6.45. The van der Waals surface area contributed by atoms with Crippen molar-refractivity contribution in [3.05, 3.63) is 45.8 Å². The highest BCUT2D eigenvalue weighted by Gasteiger charge is 2.26. The molecule has 2 N–H and O–H groups in total. The molecule has 0 unspecified atom stereocenters. The number of nitrogens with zero attached hydrogens (tertiary/aromatic N) is 1. The van der Waals surface area contributed by atoms with Crippen LogP contribution >= 0.6 is 23.6 Å². The molecule has 0 aliphatic rings. The van der Waals surface area contributed by atoms with Gasteiger partial charge in [-0.1, -0.05) is 0 Å². The molecule has 0 atom stereocenters. The van der Waals surface area contributed by atoms with Crippen LogP contribution in [0.25, 0.3) is 0 Å². The molecule has 0 fully saturated rings. The van der Waals surface area contributed by atoms with E-state index in [4.69, 9.17) is 17.0 Å². The molecule has 2 aromatic rings. The lowest BCUT2D eigenvalue weighted by atomic mass is 10.1. The van der Waals surface area contributed by atoms with Crippen molar-refractivity contribution in [3.63, 3.8) is 0 Å². The molecule has 144 valence electrons. The van der Waals surface area contributed by atoms with Gasteiger partial charge >= 0.3 is 5.97 Å². The van der Waals surface area contributed by atoms with Crippen molar-refractivity contribution >= 4 is 51.2 Å². The third-order valence-corrected chi connectivity index (χ3v) is 4.94. The van der Waals surface area contributed by atoms with E-state index in [1.54, 1.807) is 21.0 Å². The second-order valence-corrected chi connectivity index (χ2v) is 7.08. The Morgan fingerprint density at radius 2 is 1.89 bits per heavy atom. The fraction of sp³-hybridized carbons (Fsp3) is 0.235. The van der Waals surface area contributed by atoms with Gasteiger partial charge in [-0.3, -0.25) is 4.79 Å². The highest BCUT2D eigenvalue weighted by Crippen LogP contribution is 2.34. The molecule has 0 saturated carbocycles. The number of thiocarbonyl (C=S) groups is 1. The van der Waals surface area contributed by atoms with E-state index in [1.165, 1.54) is 12.0 Å². The standard InChI is InChI=1S/C17H17F2N3O3S2/c1-8-12(16(24)25-4)14(27-13(8)15(23)22(2)3)21-17(26)20-11-7-9(18)5-6-10(11)19/h5-7H,1-4H3,(H2,20,21,26). The van der Waals surface area contributed by atoms with Crippen molar-refractivity contribution in [1.29, 1.82) is 0 Å². The SMILES string of the molecule is COC(=O)c1c(NC(=S)Nc2cc(F)ccc2F)sc(C(=O)N(C)C)c1C. The van der Waals surface area contributed by atoms with E-state index < -0.39 is 17.6 Å². The van der Waals surface area contributed by atoms with Crippen molar-refractivity contribution in [1.82, 2.24) is 4.90 Å². The number of nitrogens with one attached hydrogen (secondary N) is 2. The highest BCUT2D eigenvalue weighted by atomic mass is 32.1. The maximum Gasteiger partial charge on any atom is 0.341 e. The minimum atomic E-state index is -0.695. The van der Waals surface area contributed by atoms with Gasteiger partial charge in [0.25, 0.3) is 5.91 Å². The summed E-state index contributed by atoms with van der Waals surface area (Å²) in [5, 5.41) is 5.47. The molecule has 27 heavy (non-hydrogen) atoms. The van der Waals surface area contributed by atoms with Crippen LogP contribution in [0.15, 0.2) is 18.2 Å². The Morgan fingerprint density at radius 1 is 1.22 bits per heavy atom. The number of thiophene rings is 1. The molecule has 0 aliphatic heterocycles. The number of benzene rings is 1.